The molecule has 1 saturated carbocycles. The van der Waals surface area contributed by atoms with E-state index in [0.717, 1.165) is 36.5 Å². The van der Waals surface area contributed by atoms with E-state index >= 15 is 0 Å². The number of halogens is 3. The molecule has 1 aliphatic carbocycles. The van der Waals surface area contributed by atoms with Crippen molar-refractivity contribution in [1.29, 1.82) is 0 Å². The van der Waals surface area contributed by atoms with E-state index in [4.69, 9.17) is 33.3 Å². The second-order valence-corrected chi connectivity index (χ2v) is 9.21. The predicted molar refractivity (Wildman–Crippen MR) is 125 cm³/mol. The first-order valence-electron chi connectivity index (χ1n) is 10.8. The Balaban J connectivity index is 1.74. The summed E-state index contributed by atoms with van der Waals surface area (Å²) in [5.41, 5.74) is 2.37. The molecule has 31 heavy (non-hydrogen) atoms. The van der Waals surface area contributed by atoms with Gasteiger partial charge in [0.15, 0.2) is 0 Å². The van der Waals surface area contributed by atoms with Crippen LogP contribution in [0, 0.1) is 25.6 Å². The molecule has 7 heteroatoms. The molecule has 3 aromatic rings. The summed E-state index contributed by atoms with van der Waals surface area (Å²) in [5, 5.41) is 5.91. The van der Waals surface area contributed by atoms with Gasteiger partial charge in [-0.2, -0.15) is 4.98 Å². The maximum absolute atomic E-state index is 14.4. The molecule has 1 heterocycles. The zero-order chi connectivity index (χ0) is 22.1. The number of rotatable bonds is 8. The van der Waals surface area contributed by atoms with E-state index in [1.807, 2.05) is 25.1 Å². The average molecular weight is 461 g/mol. The van der Waals surface area contributed by atoms with Crippen LogP contribution in [0.4, 0.5) is 10.3 Å². The smallest absolute Gasteiger partial charge is 0.245 e. The van der Waals surface area contributed by atoms with Crippen LogP contribution in [0.1, 0.15) is 55.6 Å². The standard InChI is InChI=1S/C24H27Cl2FN4/c1-4-11-30(23(12-17-6-7-17)18-8-5-15(2)21(27)13-18)24-28-16(3)31(29-24)22-10-9-19(25)14-20(22)26/h5,8-10,13-14,17,23H,4,6-7,11-12H2,1-3H3. The minimum Gasteiger partial charge on any atom is -0.332 e. The lowest BCUT2D eigenvalue weighted by Crippen LogP contribution is -2.31. The highest BCUT2D eigenvalue weighted by atomic mass is 35.5. The summed E-state index contributed by atoms with van der Waals surface area (Å²) in [5.74, 6) is 1.87. The molecule has 1 unspecified atom stereocenters. The van der Waals surface area contributed by atoms with Crippen molar-refractivity contribution in [3.05, 3.63) is 69.2 Å². The maximum atomic E-state index is 14.4. The summed E-state index contributed by atoms with van der Waals surface area (Å²) in [6, 6.07) is 10.9. The van der Waals surface area contributed by atoms with Gasteiger partial charge < -0.3 is 4.90 Å². The highest BCUT2D eigenvalue weighted by Gasteiger charge is 2.32. The van der Waals surface area contributed by atoms with Crippen molar-refractivity contribution in [3.8, 4) is 5.69 Å². The molecule has 4 rings (SSSR count). The summed E-state index contributed by atoms with van der Waals surface area (Å²) in [6.45, 7) is 6.62. The van der Waals surface area contributed by atoms with Crippen molar-refractivity contribution in [2.24, 2.45) is 5.92 Å². The topological polar surface area (TPSA) is 34.0 Å². The Morgan fingerprint density at radius 3 is 2.58 bits per heavy atom. The van der Waals surface area contributed by atoms with Gasteiger partial charge in [-0.25, -0.2) is 9.07 Å². The molecule has 1 aromatic heterocycles. The first kappa shape index (κ1) is 22.1. The molecule has 0 radical (unpaired) electrons. The Morgan fingerprint density at radius 1 is 1.16 bits per heavy atom. The van der Waals surface area contributed by atoms with Gasteiger partial charge in [0.1, 0.15) is 11.6 Å². The third-order valence-corrected chi connectivity index (χ3v) is 6.37. The fourth-order valence-corrected chi connectivity index (χ4v) is 4.43. The number of anilines is 1. The number of nitrogens with zero attached hydrogens (tertiary/aromatic N) is 4. The van der Waals surface area contributed by atoms with Gasteiger partial charge in [0.05, 0.1) is 16.8 Å². The van der Waals surface area contributed by atoms with Gasteiger partial charge >= 0.3 is 0 Å². The number of aromatic nitrogens is 3. The molecule has 2 aromatic carbocycles. The summed E-state index contributed by atoms with van der Waals surface area (Å²) in [4.78, 5) is 6.99. The van der Waals surface area contributed by atoms with Crippen LogP contribution in [0.25, 0.3) is 5.69 Å². The van der Waals surface area contributed by atoms with E-state index < -0.39 is 0 Å². The van der Waals surface area contributed by atoms with Crippen LogP contribution >= 0.6 is 23.2 Å². The Hall–Kier alpha value is -2.11. The van der Waals surface area contributed by atoms with Gasteiger partial charge in [-0.15, -0.1) is 5.10 Å². The normalized spacial score (nSPS) is 14.6. The predicted octanol–water partition coefficient (Wildman–Crippen LogP) is 7.09. The van der Waals surface area contributed by atoms with Crippen molar-refractivity contribution in [2.75, 3.05) is 11.4 Å². The molecule has 0 spiro atoms. The van der Waals surface area contributed by atoms with Crippen molar-refractivity contribution < 1.29 is 4.39 Å². The zero-order valence-corrected chi connectivity index (χ0v) is 19.6. The fourth-order valence-electron chi connectivity index (χ4n) is 3.94. The van der Waals surface area contributed by atoms with Crippen LogP contribution in [0.5, 0.6) is 0 Å². The Morgan fingerprint density at radius 2 is 1.94 bits per heavy atom. The molecule has 0 N–H and O–H groups in total. The van der Waals surface area contributed by atoms with Gasteiger partial charge in [0, 0.05) is 11.6 Å². The van der Waals surface area contributed by atoms with Crippen LogP contribution in [-0.4, -0.2) is 21.3 Å². The molecule has 0 amide bonds. The highest BCUT2D eigenvalue weighted by Crippen LogP contribution is 2.41. The number of hydrogen-bond acceptors (Lipinski definition) is 3. The Labute approximate surface area is 193 Å². The van der Waals surface area contributed by atoms with Gasteiger partial charge in [-0.05, 0) is 68.0 Å². The van der Waals surface area contributed by atoms with E-state index in [0.29, 0.717) is 27.5 Å². The third-order valence-electron chi connectivity index (χ3n) is 5.83. The van der Waals surface area contributed by atoms with Crippen LogP contribution in [0.2, 0.25) is 10.0 Å². The molecular weight excluding hydrogens is 434 g/mol. The lowest BCUT2D eigenvalue weighted by atomic mass is 9.98. The van der Waals surface area contributed by atoms with Crippen LogP contribution in [0.15, 0.2) is 36.4 Å². The SMILES string of the molecule is CCCN(c1nc(C)n(-c2ccc(Cl)cc2Cl)n1)C(CC1CC1)c1ccc(C)c(F)c1. The monoisotopic (exact) mass is 460 g/mol. The number of hydrogen-bond donors (Lipinski definition) is 0. The lowest BCUT2D eigenvalue weighted by Gasteiger charge is -2.31. The molecule has 0 saturated heterocycles. The molecule has 164 valence electrons. The van der Waals surface area contributed by atoms with E-state index in [-0.39, 0.29) is 11.9 Å². The van der Waals surface area contributed by atoms with Gasteiger partial charge in [-0.3, -0.25) is 0 Å². The summed E-state index contributed by atoms with van der Waals surface area (Å²) < 4.78 is 16.2. The van der Waals surface area contributed by atoms with Crippen molar-refractivity contribution >= 4 is 29.2 Å². The zero-order valence-electron chi connectivity index (χ0n) is 18.1. The van der Waals surface area contributed by atoms with E-state index in [1.54, 1.807) is 29.8 Å². The van der Waals surface area contributed by atoms with E-state index in [2.05, 4.69) is 11.8 Å². The highest BCUT2D eigenvalue weighted by molar-refractivity contribution is 6.35. The van der Waals surface area contributed by atoms with Gasteiger partial charge in [-0.1, -0.05) is 55.1 Å². The molecule has 1 atom stereocenters. The Kier molecular flexibility index (Phi) is 6.54. The van der Waals surface area contributed by atoms with E-state index in [9.17, 15) is 4.39 Å². The molecule has 4 nitrogen and oxygen atoms in total. The molecule has 1 fully saturated rings. The summed E-state index contributed by atoms with van der Waals surface area (Å²) in [6.07, 6.45) is 4.36. The number of benzene rings is 2. The minimum atomic E-state index is -0.169. The molecular formula is C24H27Cl2FN4. The summed E-state index contributed by atoms with van der Waals surface area (Å²) in [7, 11) is 0. The Bertz CT molecular complexity index is 1080. The van der Waals surface area contributed by atoms with Crippen LogP contribution in [-0.2, 0) is 0 Å². The number of aryl methyl sites for hydroxylation is 2. The van der Waals surface area contributed by atoms with Crippen molar-refractivity contribution in [1.82, 2.24) is 14.8 Å². The molecule has 1 aliphatic rings. The fraction of sp³-hybridized carbons (Fsp3) is 0.417. The lowest BCUT2D eigenvalue weighted by molar-refractivity contribution is 0.521. The van der Waals surface area contributed by atoms with E-state index in [1.165, 1.54) is 12.8 Å². The van der Waals surface area contributed by atoms with Gasteiger partial charge in [0.25, 0.3) is 0 Å². The molecule has 0 aliphatic heterocycles. The first-order valence-corrected chi connectivity index (χ1v) is 11.5. The summed E-state index contributed by atoms with van der Waals surface area (Å²) >= 11 is 12.5. The third kappa shape index (κ3) is 4.88. The maximum Gasteiger partial charge on any atom is 0.245 e. The minimum absolute atomic E-state index is 0.0264. The quantitative estimate of drug-likeness (QED) is 0.359. The van der Waals surface area contributed by atoms with Crippen molar-refractivity contribution in [3.63, 3.8) is 0 Å². The average Bonchev–Trinajstić information content (AvgIpc) is 3.47. The molecule has 0 bridgehead atoms. The van der Waals surface area contributed by atoms with Gasteiger partial charge in [0.2, 0.25) is 5.95 Å². The first-order chi connectivity index (χ1) is 14.9. The van der Waals surface area contributed by atoms with Crippen molar-refractivity contribution in [2.45, 2.75) is 52.5 Å². The largest absolute Gasteiger partial charge is 0.332 e. The second kappa shape index (κ2) is 9.17. The van der Waals surface area contributed by atoms with Crippen LogP contribution in [0.3, 0.4) is 0 Å². The second-order valence-electron chi connectivity index (χ2n) is 8.36. The van der Waals surface area contributed by atoms with Crippen LogP contribution < -0.4 is 4.90 Å².